The van der Waals surface area contributed by atoms with E-state index in [9.17, 15) is 14.9 Å². The molecule has 1 aromatic rings. The van der Waals surface area contributed by atoms with Crippen LogP contribution >= 0.6 is 0 Å². The zero-order chi connectivity index (χ0) is 16.7. The van der Waals surface area contributed by atoms with Gasteiger partial charge in [0.2, 0.25) is 5.82 Å². The summed E-state index contributed by atoms with van der Waals surface area (Å²) in [5, 5.41) is 9.25. The van der Waals surface area contributed by atoms with E-state index in [1.54, 1.807) is 29.4 Å². The second kappa shape index (κ2) is 5.27. The van der Waals surface area contributed by atoms with Gasteiger partial charge in [0, 0.05) is 36.3 Å². The molecule has 2 aliphatic rings. The van der Waals surface area contributed by atoms with Crippen molar-refractivity contribution in [2.45, 2.75) is 26.7 Å². The SMILES string of the molecule is CC1(C)CC2(C=C(C#N)C1=O)CCN(C(=O)c1ncccn1)C2. The van der Waals surface area contributed by atoms with Crippen molar-refractivity contribution in [1.29, 1.82) is 5.26 Å². The summed E-state index contributed by atoms with van der Waals surface area (Å²) in [5.74, 6) is -0.133. The lowest BCUT2D eigenvalue weighted by Crippen LogP contribution is -2.41. The van der Waals surface area contributed by atoms with Crippen LogP contribution in [0.5, 0.6) is 0 Å². The number of Topliss-reactive ketones (excluding diaryl/α,β-unsaturated/α-hetero) is 1. The van der Waals surface area contributed by atoms with Gasteiger partial charge in [-0.1, -0.05) is 19.9 Å². The van der Waals surface area contributed by atoms with Gasteiger partial charge in [-0.15, -0.1) is 0 Å². The molecule has 0 bridgehead atoms. The van der Waals surface area contributed by atoms with Crippen LogP contribution in [0.2, 0.25) is 0 Å². The average Bonchev–Trinajstić information content (AvgIpc) is 2.94. The number of aromatic nitrogens is 2. The molecular weight excluding hydrogens is 292 g/mol. The molecular formula is C17H18N4O2. The molecule has 0 N–H and O–H groups in total. The molecule has 1 amide bonds. The number of rotatable bonds is 1. The predicted molar refractivity (Wildman–Crippen MR) is 82.1 cm³/mol. The van der Waals surface area contributed by atoms with E-state index < -0.39 is 5.41 Å². The molecule has 6 nitrogen and oxygen atoms in total. The molecule has 1 spiro atoms. The Kier molecular flexibility index (Phi) is 3.52. The lowest BCUT2D eigenvalue weighted by molar-refractivity contribution is -0.125. The summed E-state index contributed by atoms with van der Waals surface area (Å²) < 4.78 is 0. The molecule has 1 aromatic heterocycles. The van der Waals surface area contributed by atoms with Crippen molar-refractivity contribution in [1.82, 2.24) is 14.9 Å². The fraction of sp³-hybridized carbons (Fsp3) is 0.471. The van der Waals surface area contributed by atoms with Crippen LogP contribution in [0.4, 0.5) is 0 Å². The number of nitriles is 1. The zero-order valence-corrected chi connectivity index (χ0v) is 13.2. The van der Waals surface area contributed by atoms with E-state index >= 15 is 0 Å². The Morgan fingerprint density at radius 1 is 1.35 bits per heavy atom. The minimum Gasteiger partial charge on any atom is -0.335 e. The second-order valence-corrected chi connectivity index (χ2v) is 6.97. The van der Waals surface area contributed by atoms with Gasteiger partial charge in [-0.2, -0.15) is 5.26 Å². The molecule has 0 aromatic carbocycles. The highest BCUT2D eigenvalue weighted by atomic mass is 16.2. The summed E-state index contributed by atoms with van der Waals surface area (Å²) in [4.78, 5) is 34.5. The van der Waals surface area contributed by atoms with Gasteiger partial charge in [-0.3, -0.25) is 9.59 Å². The van der Waals surface area contributed by atoms with E-state index in [4.69, 9.17) is 0 Å². The molecule has 3 rings (SSSR count). The summed E-state index contributed by atoms with van der Waals surface area (Å²) in [5.41, 5.74) is -0.679. The topological polar surface area (TPSA) is 87.0 Å². The first-order chi connectivity index (χ1) is 10.9. The van der Waals surface area contributed by atoms with Crippen molar-refractivity contribution >= 4 is 11.7 Å². The van der Waals surface area contributed by atoms with Crippen LogP contribution in [0, 0.1) is 22.2 Å². The molecule has 1 fully saturated rings. The van der Waals surface area contributed by atoms with Gasteiger partial charge in [0.05, 0.1) is 5.57 Å². The van der Waals surface area contributed by atoms with Gasteiger partial charge in [0.25, 0.3) is 5.91 Å². The molecule has 1 atom stereocenters. The van der Waals surface area contributed by atoms with E-state index in [0.29, 0.717) is 19.5 Å². The van der Waals surface area contributed by atoms with Crippen molar-refractivity contribution in [3.05, 3.63) is 35.9 Å². The molecule has 1 aliphatic heterocycles. The lowest BCUT2D eigenvalue weighted by atomic mass is 9.64. The van der Waals surface area contributed by atoms with Gasteiger partial charge in [-0.05, 0) is 18.9 Å². The number of hydrogen-bond donors (Lipinski definition) is 0. The van der Waals surface area contributed by atoms with E-state index in [1.807, 2.05) is 19.9 Å². The highest BCUT2D eigenvalue weighted by Crippen LogP contribution is 2.48. The van der Waals surface area contributed by atoms with E-state index in [-0.39, 0.29) is 28.5 Å². The number of amides is 1. The van der Waals surface area contributed by atoms with Crippen molar-refractivity contribution < 1.29 is 9.59 Å². The van der Waals surface area contributed by atoms with E-state index in [2.05, 4.69) is 9.97 Å². The van der Waals surface area contributed by atoms with Crippen LogP contribution in [0.15, 0.2) is 30.1 Å². The Morgan fingerprint density at radius 3 is 2.70 bits per heavy atom. The third-order valence-electron chi connectivity index (χ3n) is 4.65. The first-order valence-electron chi connectivity index (χ1n) is 7.61. The van der Waals surface area contributed by atoms with Crippen LogP contribution < -0.4 is 0 Å². The number of carbonyl (C=O) groups excluding carboxylic acids is 2. The largest absolute Gasteiger partial charge is 0.335 e. The molecule has 2 heterocycles. The first-order valence-corrected chi connectivity index (χ1v) is 7.61. The Labute approximate surface area is 134 Å². The fourth-order valence-electron chi connectivity index (χ4n) is 3.71. The minimum absolute atomic E-state index is 0.109. The van der Waals surface area contributed by atoms with E-state index in [0.717, 1.165) is 6.42 Å². The Morgan fingerprint density at radius 2 is 2.04 bits per heavy atom. The highest BCUT2D eigenvalue weighted by molar-refractivity contribution is 6.03. The predicted octanol–water partition coefficient (Wildman–Crippen LogP) is 1.76. The lowest BCUT2D eigenvalue weighted by Gasteiger charge is -2.38. The molecule has 0 saturated carbocycles. The molecule has 6 heteroatoms. The van der Waals surface area contributed by atoms with Crippen LogP contribution in [-0.4, -0.2) is 39.6 Å². The number of nitrogens with zero attached hydrogens (tertiary/aromatic N) is 4. The molecule has 0 radical (unpaired) electrons. The molecule has 23 heavy (non-hydrogen) atoms. The molecule has 1 saturated heterocycles. The number of likely N-dealkylation sites (tertiary alicyclic amines) is 1. The van der Waals surface area contributed by atoms with Crippen molar-refractivity contribution in [3.8, 4) is 6.07 Å². The third-order valence-corrected chi connectivity index (χ3v) is 4.65. The van der Waals surface area contributed by atoms with Crippen molar-refractivity contribution in [2.75, 3.05) is 13.1 Å². The maximum absolute atomic E-state index is 12.5. The quantitative estimate of drug-likeness (QED) is 0.788. The maximum Gasteiger partial charge on any atom is 0.291 e. The van der Waals surface area contributed by atoms with Gasteiger partial charge in [0.15, 0.2) is 5.78 Å². The summed E-state index contributed by atoms with van der Waals surface area (Å²) in [6.07, 6.45) is 6.25. The minimum atomic E-state index is -0.581. The Bertz CT molecular complexity index is 733. The monoisotopic (exact) mass is 310 g/mol. The fourth-order valence-corrected chi connectivity index (χ4v) is 3.71. The standard InChI is InChI=1S/C17H18N4O2/c1-16(2)10-17(8-12(9-18)13(16)22)4-7-21(11-17)15(23)14-19-5-3-6-20-14/h3,5-6,8H,4,7,10-11H2,1-2H3. The van der Waals surface area contributed by atoms with Crippen LogP contribution in [0.25, 0.3) is 0 Å². The zero-order valence-electron chi connectivity index (χ0n) is 13.2. The molecule has 118 valence electrons. The van der Waals surface area contributed by atoms with Crippen LogP contribution in [0.1, 0.15) is 37.3 Å². The second-order valence-electron chi connectivity index (χ2n) is 6.97. The summed E-state index contributed by atoms with van der Waals surface area (Å²) in [6.45, 7) is 4.81. The number of ketones is 1. The van der Waals surface area contributed by atoms with Gasteiger partial charge < -0.3 is 4.90 Å². The number of hydrogen-bond acceptors (Lipinski definition) is 5. The maximum atomic E-state index is 12.5. The van der Waals surface area contributed by atoms with Crippen LogP contribution in [0.3, 0.4) is 0 Å². The molecule has 1 unspecified atom stereocenters. The average molecular weight is 310 g/mol. The first kappa shape index (κ1) is 15.3. The van der Waals surface area contributed by atoms with Crippen molar-refractivity contribution in [2.24, 2.45) is 10.8 Å². The summed E-state index contributed by atoms with van der Waals surface area (Å²) >= 11 is 0. The number of carbonyl (C=O) groups is 2. The van der Waals surface area contributed by atoms with Gasteiger partial charge in [0.1, 0.15) is 6.07 Å². The Balaban J connectivity index is 1.87. The molecule has 1 aliphatic carbocycles. The Hall–Kier alpha value is -2.55. The third kappa shape index (κ3) is 2.63. The normalized spacial score (nSPS) is 26.0. The smallest absolute Gasteiger partial charge is 0.291 e. The number of allylic oxidation sites excluding steroid dienone is 1. The summed E-state index contributed by atoms with van der Waals surface area (Å²) in [6, 6.07) is 3.69. The van der Waals surface area contributed by atoms with Crippen molar-refractivity contribution in [3.63, 3.8) is 0 Å². The van der Waals surface area contributed by atoms with Gasteiger partial charge >= 0.3 is 0 Å². The highest BCUT2D eigenvalue weighted by Gasteiger charge is 2.49. The van der Waals surface area contributed by atoms with Crippen LogP contribution in [-0.2, 0) is 4.79 Å². The summed E-state index contributed by atoms with van der Waals surface area (Å²) in [7, 11) is 0. The van der Waals surface area contributed by atoms with E-state index in [1.165, 1.54) is 0 Å². The van der Waals surface area contributed by atoms with Gasteiger partial charge in [-0.25, -0.2) is 9.97 Å².